The van der Waals surface area contributed by atoms with Crippen molar-refractivity contribution in [2.75, 3.05) is 0 Å². The third-order valence-electron chi connectivity index (χ3n) is 1.23. The zero-order valence-corrected chi connectivity index (χ0v) is 6.35. The van der Waals surface area contributed by atoms with Crippen LogP contribution in [0.25, 0.3) is 0 Å². The molecule has 1 aliphatic heterocycles. The van der Waals surface area contributed by atoms with E-state index in [-0.39, 0.29) is 0 Å². The number of hydrogen-bond donors (Lipinski definition) is 0. The Hall–Kier alpha value is -0.720. The highest BCUT2D eigenvalue weighted by molar-refractivity contribution is 6.33. The number of nitrogens with zero attached hydrogens (tertiary/aromatic N) is 1. The van der Waals surface area contributed by atoms with E-state index in [0.29, 0.717) is 0 Å². The van der Waals surface area contributed by atoms with Crippen molar-refractivity contribution < 1.29 is 26.3 Å². The van der Waals surface area contributed by atoms with Crippen molar-refractivity contribution in [2.45, 2.75) is 12.0 Å². The average molecular weight is 224 g/mol. The summed E-state index contributed by atoms with van der Waals surface area (Å²) < 4.78 is 73.3. The first-order valence-corrected chi connectivity index (χ1v) is 3.15. The summed E-state index contributed by atoms with van der Waals surface area (Å²) in [6.45, 7) is 0. The van der Waals surface area contributed by atoms with Crippen molar-refractivity contribution in [3.63, 3.8) is 0 Å². The molecule has 1 nitrogen and oxygen atoms in total. The fourth-order valence-corrected chi connectivity index (χ4v) is 0.795. The molecule has 0 aromatic carbocycles. The fourth-order valence-electron chi connectivity index (χ4n) is 0.603. The van der Waals surface area contributed by atoms with E-state index in [1.54, 1.807) is 4.99 Å². The summed E-state index contributed by atoms with van der Waals surface area (Å²) >= 11 is 4.49. The van der Waals surface area contributed by atoms with Crippen LogP contribution in [0.2, 0.25) is 0 Å². The molecule has 0 saturated carbocycles. The molecule has 0 amide bonds. The van der Waals surface area contributed by atoms with Crippen molar-refractivity contribution in [1.82, 2.24) is 0 Å². The van der Waals surface area contributed by atoms with E-state index in [1.807, 2.05) is 0 Å². The van der Waals surface area contributed by atoms with Gasteiger partial charge in [0.25, 0.3) is 5.97 Å². The number of halogens is 7. The third kappa shape index (κ3) is 1.41. The van der Waals surface area contributed by atoms with Crippen LogP contribution in [0.4, 0.5) is 26.3 Å². The predicted molar refractivity (Wildman–Crippen MR) is 32.4 cm³/mol. The van der Waals surface area contributed by atoms with Crippen molar-refractivity contribution in [3.05, 3.63) is 10.9 Å². The highest BCUT2D eigenvalue weighted by Gasteiger charge is 2.55. The van der Waals surface area contributed by atoms with E-state index in [2.05, 4.69) is 11.6 Å². The minimum Gasteiger partial charge on any atom is -0.201 e. The second-order valence-electron chi connectivity index (χ2n) is 2.15. The summed E-state index contributed by atoms with van der Waals surface area (Å²) in [5, 5.41) is -2.18. The second kappa shape index (κ2) is 2.63. The van der Waals surface area contributed by atoms with Crippen molar-refractivity contribution in [2.24, 2.45) is 4.99 Å². The van der Waals surface area contributed by atoms with Gasteiger partial charge in [-0.2, -0.15) is 26.9 Å². The topological polar surface area (TPSA) is 12.4 Å². The van der Waals surface area contributed by atoms with Crippen molar-refractivity contribution in [1.29, 1.82) is 0 Å². The third-order valence-corrected chi connectivity index (χ3v) is 1.63. The Morgan fingerprint density at radius 1 is 1.08 bits per heavy atom. The molecule has 0 unspecified atom stereocenters. The number of aliphatic imine (C=N–C) groups is 1. The molecule has 74 valence electrons. The Kier molecular flexibility index (Phi) is 2.10. The first-order chi connectivity index (χ1) is 5.69. The molecule has 0 fully saturated rings. The Balaban J connectivity index is 3.30. The smallest absolute Gasteiger partial charge is 0.201 e. The molecule has 0 aromatic rings. The molecule has 13 heavy (non-hydrogen) atoms. The first-order valence-electron chi connectivity index (χ1n) is 2.77. The molecular weight excluding hydrogens is 224 g/mol. The quantitative estimate of drug-likeness (QED) is 0.442. The monoisotopic (exact) mass is 223 g/mol. The molecule has 0 spiro atoms. The maximum Gasteiger partial charge on any atom is 0.398 e. The van der Waals surface area contributed by atoms with Crippen LogP contribution < -0.4 is 0 Å². The number of rotatable bonds is 0. The highest BCUT2D eigenvalue weighted by atomic mass is 35.5. The summed E-state index contributed by atoms with van der Waals surface area (Å²) in [6, 6.07) is -4.65. The van der Waals surface area contributed by atoms with Crippen LogP contribution in [0.15, 0.2) is 15.9 Å². The summed E-state index contributed by atoms with van der Waals surface area (Å²) in [4.78, 5) is 1.55. The van der Waals surface area contributed by atoms with Crippen LogP contribution in [0.1, 0.15) is 0 Å². The fraction of sp³-hybridized carbons (Fsp3) is 0.400. The van der Waals surface area contributed by atoms with E-state index in [4.69, 9.17) is 0 Å². The van der Waals surface area contributed by atoms with E-state index >= 15 is 0 Å². The molecule has 0 aromatic heterocycles. The Morgan fingerprint density at radius 2 is 1.54 bits per heavy atom. The lowest BCUT2D eigenvalue weighted by molar-refractivity contribution is 0.00428. The summed E-state index contributed by atoms with van der Waals surface area (Å²) in [5.41, 5.74) is 0. The molecular formula is C5ClF6N. The molecule has 0 radical (unpaired) electrons. The number of allylic oxidation sites excluding steroid dienone is 1. The van der Waals surface area contributed by atoms with Crippen LogP contribution in [0.3, 0.4) is 0 Å². The molecule has 0 bridgehead atoms. The van der Waals surface area contributed by atoms with E-state index in [9.17, 15) is 26.3 Å². The largest absolute Gasteiger partial charge is 0.398 e. The van der Waals surface area contributed by atoms with Gasteiger partial charge in [-0.25, -0.2) is 4.39 Å². The van der Waals surface area contributed by atoms with Crippen molar-refractivity contribution >= 4 is 17.6 Å². The first kappa shape index (κ1) is 10.4. The Bertz CT molecular complexity index is 306. The van der Waals surface area contributed by atoms with Gasteiger partial charge in [0, 0.05) is 0 Å². The lowest BCUT2D eigenvalue weighted by Crippen LogP contribution is -2.36. The Morgan fingerprint density at radius 3 is 2.00 bits per heavy atom. The molecule has 0 aliphatic carbocycles. The summed E-state index contributed by atoms with van der Waals surface area (Å²) in [6.07, 6.45) is 0. The van der Waals surface area contributed by atoms with Gasteiger partial charge in [0.05, 0.1) is 0 Å². The van der Waals surface area contributed by atoms with Crippen LogP contribution in [0, 0.1) is 0 Å². The highest BCUT2D eigenvalue weighted by Crippen LogP contribution is 2.43. The molecule has 1 rings (SSSR count). The van der Waals surface area contributed by atoms with Gasteiger partial charge in [0.2, 0.25) is 5.83 Å². The maximum atomic E-state index is 12.3. The van der Waals surface area contributed by atoms with E-state index < -0.39 is 28.8 Å². The zero-order chi connectivity index (χ0) is 10.4. The summed E-state index contributed by atoms with van der Waals surface area (Å²) in [5.74, 6) is -9.95. The predicted octanol–water partition coefficient (Wildman–Crippen LogP) is 3.02. The molecule has 1 heterocycles. The van der Waals surface area contributed by atoms with Gasteiger partial charge in [0.15, 0.2) is 0 Å². The Labute approximate surface area is 72.7 Å². The number of dihydropyridines is 1. The van der Waals surface area contributed by atoms with Crippen LogP contribution >= 0.6 is 11.6 Å². The number of hydrogen-bond acceptors (Lipinski definition) is 1. The SMILES string of the molecule is FC1=NC(F)(F)C(F)=C(Cl)C1(F)F. The molecule has 1 aliphatic rings. The standard InChI is InChI=1S/C5ClF6N/c6-1-2(7)5(11,12)13-3(8)4(1,9)10. The normalized spacial score (nSPS) is 25.9. The van der Waals surface area contributed by atoms with Gasteiger partial charge in [-0.3, -0.25) is 0 Å². The molecule has 0 saturated heterocycles. The summed E-state index contributed by atoms with van der Waals surface area (Å²) in [7, 11) is 0. The second-order valence-corrected chi connectivity index (χ2v) is 2.52. The maximum absolute atomic E-state index is 12.3. The van der Waals surface area contributed by atoms with Gasteiger partial charge in [-0.15, -0.1) is 0 Å². The van der Waals surface area contributed by atoms with Crippen molar-refractivity contribution in [3.8, 4) is 0 Å². The molecule has 8 heteroatoms. The zero-order valence-electron chi connectivity index (χ0n) is 5.59. The molecule has 0 N–H and O–H groups in total. The van der Waals surface area contributed by atoms with Crippen LogP contribution in [0.5, 0.6) is 0 Å². The van der Waals surface area contributed by atoms with Crippen LogP contribution in [-0.2, 0) is 0 Å². The van der Waals surface area contributed by atoms with E-state index in [0.717, 1.165) is 0 Å². The minimum atomic E-state index is -4.65. The van der Waals surface area contributed by atoms with Gasteiger partial charge < -0.3 is 0 Å². The molecule has 0 atom stereocenters. The van der Waals surface area contributed by atoms with E-state index in [1.165, 1.54) is 0 Å². The lowest BCUT2D eigenvalue weighted by Gasteiger charge is -2.21. The van der Waals surface area contributed by atoms with Crippen LogP contribution in [-0.4, -0.2) is 17.9 Å². The lowest BCUT2D eigenvalue weighted by atomic mass is 10.2. The van der Waals surface area contributed by atoms with Gasteiger partial charge in [0.1, 0.15) is 5.03 Å². The van der Waals surface area contributed by atoms with Gasteiger partial charge in [-0.05, 0) is 0 Å². The minimum absolute atomic E-state index is 1.55. The average Bonchev–Trinajstić information content (AvgIpc) is 1.98. The van der Waals surface area contributed by atoms with Gasteiger partial charge in [-0.1, -0.05) is 11.6 Å². The number of alkyl halides is 4. The van der Waals surface area contributed by atoms with Gasteiger partial charge >= 0.3 is 12.0 Å².